The van der Waals surface area contributed by atoms with Gasteiger partial charge in [0.15, 0.2) is 6.10 Å². The topological polar surface area (TPSA) is 122 Å². The monoisotopic (exact) mass is 509 g/mol. The number of carbonyl (C=O) groups is 1. The number of fused-ring (bicyclic) bond motifs is 1. The first-order valence-electron chi connectivity index (χ1n) is 10.9. The minimum Gasteiger partial charge on any atom is -0.495 e. The number of methoxy groups -OCH3 is 1. The van der Waals surface area contributed by atoms with E-state index in [0.717, 1.165) is 12.8 Å². The van der Waals surface area contributed by atoms with Crippen molar-refractivity contribution >= 4 is 37.3 Å². The van der Waals surface area contributed by atoms with Gasteiger partial charge < -0.3 is 14.8 Å². The fraction of sp³-hybridized carbons (Fsp3) is 0.409. The molecule has 1 atom stereocenters. The number of hydrogen-bond acceptors (Lipinski definition) is 7. The van der Waals surface area contributed by atoms with E-state index >= 15 is 0 Å². The highest BCUT2D eigenvalue weighted by molar-refractivity contribution is 7.92. The van der Waals surface area contributed by atoms with Crippen LogP contribution < -0.4 is 19.1 Å². The minimum absolute atomic E-state index is 0.0376. The van der Waals surface area contributed by atoms with Gasteiger partial charge in [-0.25, -0.2) is 16.8 Å². The molecule has 0 aliphatic carbocycles. The molecule has 1 amide bonds. The molecule has 0 saturated carbocycles. The summed E-state index contributed by atoms with van der Waals surface area (Å²) < 4.78 is 65.0. The van der Waals surface area contributed by atoms with Crippen LogP contribution in [0.4, 0.5) is 11.4 Å². The molecule has 34 heavy (non-hydrogen) atoms. The van der Waals surface area contributed by atoms with E-state index in [2.05, 4.69) is 5.32 Å². The summed E-state index contributed by atoms with van der Waals surface area (Å²) in [5.74, 6) is -0.231. The summed E-state index contributed by atoms with van der Waals surface area (Å²) in [4.78, 5) is 13.2. The van der Waals surface area contributed by atoms with Crippen LogP contribution in [0.15, 0.2) is 47.4 Å². The number of benzene rings is 2. The molecule has 1 saturated heterocycles. The summed E-state index contributed by atoms with van der Waals surface area (Å²) >= 11 is 0. The summed E-state index contributed by atoms with van der Waals surface area (Å²) in [7, 11) is -5.96. The highest BCUT2D eigenvalue weighted by atomic mass is 32.2. The van der Waals surface area contributed by atoms with Crippen LogP contribution in [0.25, 0.3) is 0 Å². The Morgan fingerprint density at radius 1 is 1.12 bits per heavy atom. The quantitative estimate of drug-likeness (QED) is 0.606. The molecule has 4 rings (SSSR count). The molecule has 2 aliphatic heterocycles. The Morgan fingerprint density at radius 3 is 2.50 bits per heavy atom. The van der Waals surface area contributed by atoms with Crippen molar-refractivity contribution in [1.29, 1.82) is 0 Å². The predicted molar refractivity (Wildman–Crippen MR) is 127 cm³/mol. The van der Waals surface area contributed by atoms with Gasteiger partial charge in [-0.15, -0.1) is 0 Å². The lowest BCUT2D eigenvalue weighted by Crippen LogP contribution is -2.49. The molecule has 0 spiro atoms. The fourth-order valence-electron chi connectivity index (χ4n) is 3.99. The number of nitrogens with one attached hydrogen (secondary N) is 1. The van der Waals surface area contributed by atoms with Gasteiger partial charge in [-0.1, -0.05) is 12.1 Å². The second-order valence-electron chi connectivity index (χ2n) is 7.97. The third kappa shape index (κ3) is 4.57. The number of sulfonamides is 2. The highest BCUT2D eigenvalue weighted by Gasteiger charge is 2.36. The standard InChI is InChI=1S/C22H27N3O7S2/c1-3-33(27,28)25-15-21(32-20-9-5-4-8-18(20)25)22(26)23-17-14-16(10-11-19(17)31-2)34(29,30)24-12-6-7-13-24/h4-5,8-11,14,21H,3,6-7,12-13,15H2,1-2H3,(H,23,26). The number of para-hydroxylation sites is 2. The van der Waals surface area contributed by atoms with Crippen LogP contribution in [0.5, 0.6) is 11.5 Å². The molecule has 2 heterocycles. The Labute approximate surface area is 199 Å². The largest absolute Gasteiger partial charge is 0.495 e. The first-order valence-corrected chi connectivity index (χ1v) is 14.0. The van der Waals surface area contributed by atoms with Gasteiger partial charge in [-0.05, 0) is 50.1 Å². The third-order valence-corrected chi connectivity index (χ3v) is 9.50. The maximum Gasteiger partial charge on any atom is 0.267 e. The summed E-state index contributed by atoms with van der Waals surface area (Å²) in [5, 5.41) is 2.66. The van der Waals surface area contributed by atoms with E-state index in [4.69, 9.17) is 9.47 Å². The molecule has 2 aromatic carbocycles. The normalized spacial score (nSPS) is 18.8. The summed E-state index contributed by atoms with van der Waals surface area (Å²) in [5.41, 5.74) is 0.518. The smallest absolute Gasteiger partial charge is 0.267 e. The number of anilines is 2. The van der Waals surface area contributed by atoms with E-state index in [0.29, 0.717) is 18.8 Å². The molecule has 184 valence electrons. The number of nitrogens with zero attached hydrogens (tertiary/aromatic N) is 2. The van der Waals surface area contributed by atoms with Crippen LogP contribution in [-0.4, -0.2) is 65.6 Å². The number of hydrogen-bond donors (Lipinski definition) is 1. The van der Waals surface area contributed by atoms with Crippen molar-refractivity contribution in [2.24, 2.45) is 0 Å². The summed E-state index contributed by atoms with van der Waals surface area (Å²) in [6.07, 6.45) is 0.451. The molecule has 1 N–H and O–H groups in total. The van der Waals surface area contributed by atoms with Gasteiger partial charge in [-0.3, -0.25) is 9.10 Å². The van der Waals surface area contributed by atoms with Crippen LogP contribution in [0.2, 0.25) is 0 Å². The molecular formula is C22H27N3O7S2. The molecule has 2 aliphatic rings. The summed E-state index contributed by atoms with van der Waals surface area (Å²) in [6, 6.07) is 10.9. The van der Waals surface area contributed by atoms with Crippen molar-refractivity contribution in [3.05, 3.63) is 42.5 Å². The lowest BCUT2D eigenvalue weighted by Gasteiger charge is -2.34. The van der Waals surface area contributed by atoms with Crippen molar-refractivity contribution in [2.45, 2.75) is 30.8 Å². The lowest BCUT2D eigenvalue weighted by atomic mass is 10.2. The van der Waals surface area contributed by atoms with Gasteiger partial charge in [0.25, 0.3) is 5.91 Å². The highest BCUT2D eigenvalue weighted by Crippen LogP contribution is 2.36. The van der Waals surface area contributed by atoms with Gasteiger partial charge >= 0.3 is 0 Å². The SMILES string of the molecule is CCS(=O)(=O)N1CC(C(=O)Nc2cc(S(=O)(=O)N3CCCC3)ccc2OC)Oc2ccccc21. The zero-order chi connectivity index (χ0) is 24.5. The van der Waals surface area contributed by atoms with Crippen molar-refractivity contribution in [3.8, 4) is 11.5 Å². The number of carbonyl (C=O) groups excluding carboxylic acids is 1. The fourth-order valence-corrected chi connectivity index (χ4v) is 6.66. The first-order chi connectivity index (χ1) is 16.2. The van der Waals surface area contributed by atoms with E-state index in [9.17, 15) is 21.6 Å². The predicted octanol–water partition coefficient (Wildman–Crippen LogP) is 2.04. The van der Waals surface area contributed by atoms with Gasteiger partial charge in [0.1, 0.15) is 11.5 Å². The van der Waals surface area contributed by atoms with E-state index in [-0.39, 0.29) is 34.4 Å². The number of amides is 1. The molecule has 2 aromatic rings. The van der Waals surface area contributed by atoms with E-state index in [1.807, 2.05) is 0 Å². The second kappa shape index (κ2) is 9.43. The van der Waals surface area contributed by atoms with Crippen LogP contribution >= 0.6 is 0 Å². The lowest BCUT2D eigenvalue weighted by molar-refractivity contribution is -0.122. The molecule has 12 heteroatoms. The molecule has 0 radical (unpaired) electrons. The Hall–Kier alpha value is -2.83. The molecule has 1 unspecified atom stereocenters. The third-order valence-electron chi connectivity index (χ3n) is 5.86. The molecule has 0 aromatic heterocycles. The number of rotatable bonds is 7. The first kappa shape index (κ1) is 24.3. The van der Waals surface area contributed by atoms with Crippen molar-refractivity contribution in [3.63, 3.8) is 0 Å². The Balaban J connectivity index is 1.62. The zero-order valence-corrected chi connectivity index (χ0v) is 20.6. The van der Waals surface area contributed by atoms with E-state index in [1.165, 1.54) is 40.8 Å². The van der Waals surface area contributed by atoms with Crippen molar-refractivity contribution in [2.75, 3.05) is 42.1 Å². The Bertz CT molecular complexity index is 1290. The van der Waals surface area contributed by atoms with Gasteiger partial charge in [-0.2, -0.15) is 4.31 Å². The summed E-state index contributed by atoms with van der Waals surface area (Å²) in [6.45, 7) is 2.22. The van der Waals surface area contributed by atoms with Crippen LogP contribution in [0, 0.1) is 0 Å². The van der Waals surface area contributed by atoms with E-state index in [1.54, 1.807) is 24.3 Å². The molecule has 10 nitrogen and oxygen atoms in total. The van der Waals surface area contributed by atoms with Gasteiger partial charge in [0.2, 0.25) is 20.0 Å². The average Bonchev–Trinajstić information content (AvgIpc) is 3.39. The minimum atomic E-state index is -3.71. The van der Waals surface area contributed by atoms with Crippen LogP contribution in [0.1, 0.15) is 19.8 Å². The van der Waals surface area contributed by atoms with Crippen molar-refractivity contribution < 1.29 is 31.1 Å². The maximum atomic E-state index is 13.2. The second-order valence-corrected chi connectivity index (χ2v) is 12.1. The van der Waals surface area contributed by atoms with Gasteiger partial charge in [0.05, 0.1) is 35.7 Å². The van der Waals surface area contributed by atoms with Crippen LogP contribution in [-0.2, 0) is 24.8 Å². The molecular weight excluding hydrogens is 482 g/mol. The maximum absolute atomic E-state index is 13.2. The van der Waals surface area contributed by atoms with E-state index < -0.39 is 32.1 Å². The zero-order valence-electron chi connectivity index (χ0n) is 18.9. The average molecular weight is 510 g/mol. The van der Waals surface area contributed by atoms with Gasteiger partial charge in [0, 0.05) is 13.1 Å². The molecule has 0 bridgehead atoms. The number of ether oxygens (including phenoxy) is 2. The Kier molecular flexibility index (Phi) is 6.74. The Morgan fingerprint density at radius 2 is 1.82 bits per heavy atom. The molecule has 1 fully saturated rings. The van der Waals surface area contributed by atoms with Crippen LogP contribution in [0.3, 0.4) is 0 Å². The van der Waals surface area contributed by atoms with Crippen molar-refractivity contribution in [1.82, 2.24) is 4.31 Å².